The summed E-state index contributed by atoms with van der Waals surface area (Å²) in [6.45, 7) is 6.94. The Morgan fingerprint density at radius 3 is 2.34 bits per heavy atom. The van der Waals surface area contributed by atoms with Crippen molar-refractivity contribution in [2.45, 2.75) is 70.0 Å². The lowest BCUT2D eigenvalue weighted by atomic mass is 9.57. The Labute approximate surface area is 206 Å². The number of amides is 1. The van der Waals surface area contributed by atoms with E-state index in [2.05, 4.69) is 67.8 Å². The minimum atomic E-state index is -0.842. The van der Waals surface area contributed by atoms with E-state index >= 15 is 0 Å². The van der Waals surface area contributed by atoms with Gasteiger partial charge in [-0.25, -0.2) is 20.2 Å². The van der Waals surface area contributed by atoms with E-state index in [-0.39, 0.29) is 23.7 Å². The minimum absolute atomic E-state index is 0.0924. The van der Waals surface area contributed by atoms with Crippen LogP contribution >= 0.6 is 0 Å². The van der Waals surface area contributed by atoms with Gasteiger partial charge in [-0.3, -0.25) is 4.79 Å². The average molecular weight is 475 g/mol. The molecule has 6 aliphatic rings. The number of benzene rings is 2. The number of fused-ring (bicyclic) bond motifs is 5. The van der Waals surface area contributed by atoms with Crippen molar-refractivity contribution < 1.29 is 19.3 Å². The summed E-state index contributed by atoms with van der Waals surface area (Å²) in [6.07, 6.45) is 3.33. The molecule has 35 heavy (non-hydrogen) atoms. The van der Waals surface area contributed by atoms with Crippen LogP contribution in [0.2, 0.25) is 0 Å². The first kappa shape index (κ1) is 22.0. The fourth-order valence-electron chi connectivity index (χ4n) is 7.89. The third-order valence-corrected chi connectivity index (χ3v) is 9.69. The van der Waals surface area contributed by atoms with Gasteiger partial charge in [0.05, 0.1) is 0 Å². The summed E-state index contributed by atoms with van der Waals surface area (Å²) >= 11 is 0. The van der Waals surface area contributed by atoms with Gasteiger partial charge >= 0.3 is 0 Å². The Hall–Kier alpha value is -2.25. The van der Waals surface area contributed by atoms with Gasteiger partial charge in [-0.15, -0.1) is 0 Å². The zero-order chi connectivity index (χ0) is 23.9. The van der Waals surface area contributed by atoms with Gasteiger partial charge in [0.1, 0.15) is 0 Å². The van der Waals surface area contributed by atoms with Gasteiger partial charge in [-0.05, 0) is 60.3 Å². The highest BCUT2D eigenvalue weighted by Gasteiger charge is 2.70. The van der Waals surface area contributed by atoms with Gasteiger partial charge in [-0.1, -0.05) is 62.4 Å². The first-order chi connectivity index (χ1) is 16.9. The Balaban J connectivity index is 1.26. The number of piperidine rings is 1. The Morgan fingerprint density at radius 2 is 1.63 bits per heavy atom. The van der Waals surface area contributed by atoms with Crippen molar-refractivity contribution in [3.05, 3.63) is 59.7 Å². The summed E-state index contributed by atoms with van der Waals surface area (Å²) in [5.74, 6) is 0.142. The number of hydrogen-bond acceptors (Lipinski definition) is 5. The molecule has 1 unspecified atom stereocenters. The Morgan fingerprint density at radius 1 is 0.943 bits per heavy atom. The first-order valence-electron chi connectivity index (χ1n) is 13.2. The van der Waals surface area contributed by atoms with Crippen LogP contribution in [0.15, 0.2) is 48.5 Å². The van der Waals surface area contributed by atoms with Crippen molar-refractivity contribution in [3.8, 4) is 11.1 Å². The van der Waals surface area contributed by atoms with Gasteiger partial charge in [0, 0.05) is 30.7 Å². The molecule has 2 aromatic carbocycles. The van der Waals surface area contributed by atoms with Crippen LogP contribution in [0.4, 0.5) is 0 Å². The zero-order valence-electron chi connectivity index (χ0n) is 20.7. The number of rotatable bonds is 3. The molecule has 1 N–H and O–H groups in total. The summed E-state index contributed by atoms with van der Waals surface area (Å²) in [6, 6.07) is 17.2. The molecule has 4 heterocycles. The van der Waals surface area contributed by atoms with Crippen molar-refractivity contribution in [1.82, 2.24) is 10.4 Å². The van der Waals surface area contributed by atoms with E-state index in [1.807, 2.05) is 6.92 Å². The number of nitrogens with zero attached hydrogens (tertiary/aromatic N) is 1. The van der Waals surface area contributed by atoms with Gasteiger partial charge in [0.2, 0.25) is 11.7 Å². The lowest BCUT2D eigenvalue weighted by Crippen LogP contribution is -2.77. The lowest BCUT2D eigenvalue weighted by Gasteiger charge is -2.61. The predicted octanol–water partition coefficient (Wildman–Crippen LogP) is 5.00. The van der Waals surface area contributed by atoms with E-state index in [9.17, 15) is 4.79 Å². The third kappa shape index (κ3) is 2.94. The predicted molar refractivity (Wildman–Crippen MR) is 131 cm³/mol. The lowest BCUT2D eigenvalue weighted by molar-refractivity contribution is -0.549. The fraction of sp³-hybridized carbons (Fsp3) is 0.552. The van der Waals surface area contributed by atoms with Gasteiger partial charge < -0.3 is 4.74 Å². The molecular weight excluding hydrogens is 440 g/mol. The van der Waals surface area contributed by atoms with E-state index in [4.69, 9.17) is 14.5 Å². The molecule has 2 aromatic rings. The number of carbonyl (C=O) groups excluding carboxylic acids is 1. The highest BCUT2D eigenvalue weighted by molar-refractivity contribution is 5.81. The molecule has 1 saturated carbocycles. The molecule has 6 nitrogen and oxygen atoms in total. The standard InChI is InChI=1S/C29H34N2O4/c1-17-12-13-25-18(2)26(32)31(27-29(25)24(17)14-15-28(3,33-27)34-35-29)30-16-23-21-10-6-4-8-19(21)20-9-5-7-11-22(20)23/h4-11,17-18,23-25,27,30H,12-16H2,1-3H3/t17-,18-,24+,25+,27-,28?,29-/m1/s1. The fourth-order valence-corrected chi connectivity index (χ4v) is 7.89. The van der Waals surface area contributed by atoms with Crippen LogP contribution in [0.3, 0.4) is 0 Å². The second-order valence-corrected chi connectivity index (χ2v) is 11.5. The maximum atomic E-state index is 13.8. The first-order valence-corrected chi connectivity index (χ1v) is 13.2. The molecule has 7 atom stereocenters. The van der Waals surface area contributed by atoms with Crippen LogP contribution in [-0.4, -0.2) is 35.1 Å². The SMILES string of the molecule is C[C@@H]1CC[C@H]2[C@@H](C)C(=O)N(NCC3c4ccccc4-c4ccccc43)[C@@H]3OC4(C)CC[C@@H]1[C@@]23OO4. The molecule has 6 heteroatoms. The molecule has 8 rings (SSSR count). The van der Waals surface area contributed by atoms with Crippen LogP contribution in [-0.2, 0) is 19.3 Å². The maximum Gasteiger partial charge on any atom is 0.242 e. The monoisotopic (exact) mass is 474 g/mol. The number of nitrogens with one attached hydrogen (secondary N) is 1. The van der Waals surface area contributed by atoms with Crippen molar-refractivity contribution >= 4 is 5.91 Å². The summed E-state index contributed by atoms with van der Waals surface area (Å²) in [5.41, 5.74) is 8.10. The smallest absolute Gasteiger partial charge is 0.242 e. The third-order valence-electron chi connectivity index (χ3n) is 9.69. The van der Waals surface area contributed by atoms with E-state index in [1.54, 1.807) is 5.01 Å². The number of carbonyl (C=O) groups is 1. The summed E-state index contributed by atoms with van der Waals surface area (Å²) in [7, 11) is 0. The summed E-state index contributed by atoms with van der Waals surface area (Å²) in [4.78, 5) is 26.2. The molecule has 2 bridgehead atoms. The molecule has 2 aliphatic carbocycles. The van der Waals surface area contributed by atoms with E-state index < -0.39 is 17.6 Å². The molecule has 0 radical (unpaired) electrons. The van der Waals surface area contributed by atoms with Crippen LogP contribution in [0.1, 0.15) is 63.5 Å². The van der Waals surface area contributed by atoms with Crippen molar-refractivity contribution in [1.29, 1.82) is 0 Å². The maximum absolute atomic E-state index is 13.8. The highest BCUT2D eigenvalue weighted by atomic mass is 17.3. The number of hydrazine groups is 1. The molecule has 184 valence electrons. The normalized spacial score (nSPS) is 39.7. The second kappa shape index (κ2) is 7.62. The van der Waals surface area contributed by atoms with Gasteiger partial charge in [-0.2, -0.15) is 0 Å². The largest absolute Gasteiger partial charge is 0.319 e. The number of ether oxygens (including phenoxy) is 1. The van der Waals surface area contributed by atoms with Crippen LogP contribution in [0, 0.1) is 23.7 Å². The quantitative estimate of drug-likeness (QED) is 0.635. The van der Waals surface area contributed by atoms with Gasteiger partial charge in [0.25, 0.3) is 0 Å². The van der Waals surface area contributed by atoms with Crippen LogP contribution in [0.5, 0.6) is 0 Å². The highest BCUT2D eigenvalue weighted by Crippen LogP contribution is 2.60. The molecule has 0 aromatic heterocycles. The van der Waals surface area contributed by atoms with Gasteiger partial charge in [0.15, 0.2) is 11.8 Å². The van der Waals surface area contributed by atoms with E-state index in [0.29, 0.717) is 18.4 Å². The van der Waals surface area contributed by atoms with E-state index in [1.165, 1.54) is 22.3 Å². The summed E-state index contributed by atoms with van der Waals surface area (Å²) in [5, 5.41) is 1.78. The zero-order valence-corrected chi connectivity index (χ0v) is 20.7. The molecule has 1 amide bonds. The molecular formula is C29H34N2O4. The minimum Gasteiger partial charge on any atom is -0.319 e. The van der Waals surface area contributed by atoms with Crippen LogP contribution in [0.25, 0.3) is 11.1 Å². The Kier molecular flexibility index (Phi) is 4.79. The topological polar surface area (TPSA) is 60.0 Å². The van der Waals surface area contributed by atoms with Crippen molar-refractivity contribution in [2.75, 3.05) is 6.54 Å². The van der Waals surface area contributed by atoms with Crippen molar-refractivity contribution in [2.24, 2.45) is 23.7 Å². The van der Waals surface area contributed by atoms with Crippen molar-refractivity contribution in [3.63, 3.8) is 0 Å². The molecule has 4 aliphatic heterocycles. The Bertz CT molecular complexity index is 1140. The number of hydrogen-bond donors (Lipinski definition) is 1. The van der Waals surface area contributed by atoms with Crippen LogP contribution < -0.4 is 5.43 Å². The van der Waals surface area contributed by atoms with E-state index in [0.717, 1.165) is 25.7 Å². The second-order valence-electron chi connectivity index (χ2n) is 11.5. The summed E-state index contributed by atoms with van der Waals surface area (Å²) < 4.78 is 6.66. The molecule has 4 saturated heterocycles. The average Bonchev–Trinajstić information content (AvgIpc) is 3.00. The molecule has 5 fully saturated rings. The molecule has 1 spiro atoms.